The summed E-state index contributed by atoms with van der Waals surface area (Å²) in [6, 6.07) is 3.08. The van der Waals surface area contributed by atoms with Crippen molar-refractivity contribution in [2.75, 3.05) is 26.5 Å². The van der Waals surface area contributed by atoms with Gasteiger partial charge in [0, 0.05) is 25.1 Å². The van der Waals surface area contributed by atoms with E-state index in [1.54, 1.807) is 13.0 Å². The quantitative estimate of drug-likeness (QED) is 0.608. The van der Waals surface area contributed by atoms with E-state index < -0.39 is 21.8 Å². The molecule has 8 nitrogen and oxygen atoms in total. The number of aromatic nitrogens is 4. The fraction of sp³-hybridized carbons (Fsp3) is 0.400. The van der Waals surface area contributed by atoms with Crippen LogP contribution in [-0.4, -0.2) is 50.3 Å². The number of hydrogen-bond donors (Lipinski definition) is 0. The third kappa shape index (κ3) is 3.81. The Morgan fingerprint density at radius 2 is 2.07 bits per heavy atom. The highest BCUT2D eigenvalue weighted by molar-refractivity contribution is 7.92. The third-order valence-corrected chi connectivity index (χ3v) is 5.54. The predicted molar refractivity (Wildman–Crippen MR) is 89.7 cm³/mol. The molecule has 3 rings (SSSR count). The van der Waals surface area contributed by atoms with Crippen LogP contribution >= 0.6 is 0 Å². The van der Waals surface area contributed by atoms with Crippen LogP contribution in [0.2, 0.25) is 0 Å². The van der Waals surface area contributed by atoms with E-state index in [0.29, 0.717) is 23.0 Å². The van der Waals surface area contributed by atoms with E-state index in [4.69, 9.17) is 4.74 Å². The Balaban J connectivity index is 2.11. The summed E-state index contributed by atoms with van der Waals surface area (Å²) in [5.74, 6) is -1.67. The fourth-order valence-electron chi connectivity index (χ4n) is 2.55. The molecular weight excluding hydrogens is 387 g/mol. The van der Waals surface area contributed by atoms with Gasteiger partial charge >= 0.3 is 12.1 Å². The molecule has 3 aromatic rings. The summed E-state index contributed by atoms with van der Waals surface area (Å²) < 4.78 is 66.0. The smallest absolute Gasteiger partial charge is 0.383 e. The Morgan fingerprint density at radius 1 is 1.33 bits per heavy atom. The summed E-state index contributed by atoms with van der Waals surface area (Å²) in [5.41, 5.74) is 1.24. The van der Waals surface area contributed by atoms with E-state index in [9.17, 15) is 17.4 Å². The first kappa shape index (κ1) is 19.3. The molecule has 0 spiro atoms. The summed E-state index contributed by atoms with van der Waals surface area (Å²) in [6.45, 7) is 2.24. The number of nitrogens with zero attached hydrogens (tertiary/aromatic N) is 5. The van der Waals surface area contributed by atoms with Crippen LogP contribution in [0.25, 0.3) is 17.0 Å². The zero-order valence-electron chi connectivity index (χ0n) is 14.6. The molecule has 0 amide bonds. The second kappa shape index (κ2) is 6.93. The lowest BCUT2D eigenvalue weighted by atomic mass is 10.3. The zero-order chi connectivity index (χ0) is 19.8. The number of methoxy groups -OCH3 is 1. The number of rotatable bonds is 5. The number of halogens is 3. The van der Waals surface area contributed by atoms with Crippen LogP contribution in [0.5, 0.6) is 0 Å². The summed E-state index contributed by atoms with van der Waals surface area (Å²) in [4.78, 5) is 7.71. The van der Waals surface area contributed by atoms with Gasteiger partial charge in [-0.25, -0.2) is 13.6 Å². The minimum atomic E-state index is -4.73. The van der Waals surface area contributed by atoms with Crippen LogP contribution < -0.4 is 0 Å². The summed E-state index contributed by atoms with van der Waals surface area (Å²) in [5, 5.41) is 3.72. The van der Waals surface area contributed by atoms with Crippen molar-refractivity contribution in [3.8, 4) is 11.4 Å². The Morgan fingerprint density at radius 3 is 2.70 bits per heavy atom. The van der Waals surface area contributed by atoms with Crippen molar-refractivity contribution in [2.24, 2.45) is 4.36 Å². The first-order chi connectivity index (χ1) is 12.6. The number of alkyl halides is 3. The van der Waals surface area contributed by atoms with Gasteiger partial charge in [0.15, 0.2) is 0 Å². The van der Waals surface area contributed by atoms with Gasteiger partial charge in [-0.05, 0) is 19.1 Å². The SMILES string of the molecule is COCCN=S(C)(=O)c1c(C)nc2ccc(-c3noc(C(F)(F)F)n3)cn12. The van der Waals surface area contributed by atoms with E-state index in [-0.39, 0.29) is 17.9 Å². The first-order valence-corrected chi connectivity index (χ1v) is 9.62. The normalized spacial score (nSPS) is 14.4. The van der Waals surface area contributed by atoms with Crippen LogP contribution in [0.4, 0.5) is 13.2 Å². The molecule has 0 bridgehead atoms. The minimum Gasteiger partial charge on any atom is -0.383 e. The predicted octanol–water partition coefficient (Wildman–Crippen LogP) is 2.81. The highest BCUT2D eigenvalue weighted by Gasteiger charge is 2.38. The number of fused-ring (bicyclic) bond motifs is 1. The van der Waals surface area contributed by atoms with Crippen LogP contribution in [-0.2, 0) is 20.6 Å². The lowest BCUT2D eigenvalue weighted by molar-refractivity contribution is -0.159. The number of hydrogen-bond acceptors (Lipinski definition) is 7. The third-order valence-electron chi connectivity index (χ3n) is 3.66. The van der Waals surface area contributed by atoms with Crippen LogP contribution in [0, 0.1) is 6.92 Å². The standard InChI is InChI=1S/C15H16F3N5O3S/c1-9-13(27(3,24)19-6-7-25-2)23-8-10(4-5-11(23)20-9)12-21-14(26-22-12)15(16,17)18/h4-5,8H,6-7H2,1-3H3. The maximum atomic E-state index is 13.1. The number of ether oxygens (including phenoxy) is 1. The van der Waals surface area contributed by atoms with E-state index in [0.717, 1.165) is 0 Å². The highest BCUT2D eigenvalue weighted by Crippen LogP contribution is 2.30. The average molecular weight is 403 g/mol. The monoisotopic (exact) mass is 403 g/mol. The first-order valence-electron chi connectivity index (χ1n) is 7.70. The van der Waals surface area contributed by atoms with Gasteiger partial charge in [-0.15, -0.1) is 0 Å². The number of aryl methyl sites for hydroxylation is 1. The molecule has 1 atom stereocenters. The van der Waals surface area contributed by atoms with Crippen molar-refractivity contribution in [2.45, 2.75) is 18.1 Å². The molecule has 12 heteroatoms. The lowest BCUT2D eigenvalue weighted by Crippen LogP contribution is -2.07. The fourth-order valence-corrected chi connectivity index (χ4v) is 4.20. The van der Waals surface area contributed by atoms with E-state index >= 15 is 0 Å². The largest absolute Gasteiger partial charge is 0.471 e. The maximum Gasteiger partial charge on any atom is 0.471 e. The number of imidazole rings is 1. The Labute approximate surface area is 152 Å². The molecule has 0 aliphatic carbocycles. The maximum absolute atomic E-state index is 13.1. The van der Waals surface area contributed by atoms with Gasteiger partial charge in [-0.1, -0.05) is 5.16 Å². The molecular formula is C15H16F3N5O3S. The van der Waals surface area contributed by atoms with Gasteiger partial charge in [-0.2, -0.15) is 18.2 Å². The van der Waals surface area contributed by atoms with Gasteiger partial charge in [-0.3, -0.25) is 4.40 Å². The average Bonchev–Trinajstić information content (AvgIpc) is 3.17. The van der Waals surface area contributed by atoms with Crippen molar-refractivity contribution < 1.29 is 26.6 Å². The number of pyridine rings is 1. The molecule has 0 fully saturated rings. The second-order valence-electron chi connectivity index (χ2n) is 5.72. The topological polar surface area (TPSA) is 94.9 Å². The summed E-state index contributed by atoms with van der Waals surface area (Å²) in [7, 11) is -1.30. The van der Waals surface area contributed by atoms with E-state index in [1.165, 1.54) is 30.0 Å². The zero-order valence-corrected chi connectivity index (χ0v) is 15.5. The molecule has 0 aromatic carbocycles. The van der Waals surface area contributed by atoms with Gasteiger partial charge in [0.25, 0.3) is 0 Å². The molecule has 0 aliphatic heterocycles. The van der Waals surface area contributed by atoms with Crippen molar-refractivity contribution in [1.82, 2.24) is 19.5 Å². The van der Waals surface area contributed by atoms with Crippen molar-refractivity contribution in [3.63, 3.8) is 0 Å². The van der Waals surface area contributed by atoms with Crippen molar-refractivity contribution in [3.05, 3.63) is 29.9 Å². The molecule has 0 radical (unpaired) electrons. The summed E-state index contributed by atoms with van der Waals surface area (Å²) in [6.07, 6.45) is -1.80. The van der Waals surface area contributed by atoms with Crippen LogP contribution in [0.3, 0.4) is 0 Å². The molecule has 27 heavy (non-hydrogen) atoms. The van der Waals surface area contributed by atoms with Gasteiger partial charge in [0.05, 0.1) is 28.6 Å². The van der Waals surface area contributed by atoms with Gasteiger partial charge in [0.2, 0.25) is 5.82 Å². The van der Waals surface area contributed by atoms with Gasteiger partial charge in [0.1, 0.15) is 10.7 Å². The summed E-state index contributed by atoms with van der Waals surface area (Å²) >= 11 is 0. The molecule has 0 N–H and O–H groups in total. The molecule has 146 valence electrons. The Bertz CT molecular complexity index is 1100. The molecule has 0 aliphatic rings. The van der Waals surface area contributed by atoms with Crippen molar-refractivity contribution >= 4 is 15.4 Å². The Kier molecular flexibility index (Phi) is 4.95. The van der Waals surface area contributed by atoms with Crippen LogP contribution in [0.1, 0.15) is 11.6 Å². The Hall–Kier alpha value is -2.47. The van der Waals surface area contributed by atoms with Crippen LogP contribution in [0.15, 0.2) is 32.2 Å². The molecule has 3 aromatic heterocycles. The van der Waals surface area contributed by atoms with E-state index in [1.807, 2.05) is 0 Å². The minimum absolute atomic E-state index is 0.234. The van der Waals surface area contributed by atoms with E-state index in [2.05, 4.69) is 24.0 Å². The van der Waals surface area contributed by atoms with Crippen molar-refractivity contribution in [1.29, 1.82) is 0 Å². The highest BCUT2D eigenvalue weighted by atomic mass is 32.2. The lowest BCUT2D eigenvalue weighted by Gasteiger charge is -2.07. The second-order valence-corrected chi connectivity index (χ2v) is 7.97. The van der Waals surface area contributed by atoms with Gasteiger partial charge < -0.3 is 9.26 Å². The molecule has 3 heterocycles. The molecule has 0 saturated heterocycles. The molecule has 1 unspecified atom stereocenters. The molecule has 0 saturated carbocycles.